The van der Waals surface area contributed by atoms with E-state index in [4.69, 9.17) is 10.5 Å². The second-order valence-electron chi connectivity index (χ2n) is 4.32. The van der Waals surface area contributed by atoms with Gasteiger partial charge in [0.05, 0.1) is 21.4 Å². The molecular weight excluding hydrogens is 296 g/mol. The molecule has 0 aliphatic carbocycles. The second kappa shape index (κ2) is 7.28. The number of halogens is 2. The van der Waals surface area contributed by atoms with E-state index in [0.717, 1.165) is 17.7 Å². The molecule has 6 heteroatoms. The van der Waals surface area contributed by atoms with E-state index in [-0.39, 0.29) is 17.3 Å². The number of ether oxygens (including phenoxy) is 1. The van der Waals surface area contributed by atoms with Gasteiger partial charge in [0, 0.05) is 12.6 Å². The highest BCUT2D eigenvalue weighted by Crippen LogP contribution is 2.15. The minimum Gasteiger partial charge on any atom is -0.493 e. The quantitative estimate of drug-likeness (QED) is 0.892. The smallest absolute Gasteiger partial charge is 0.142 e. The zero-order valence-electron chi connectivity index (χ0n) is 11.2. The molecule has 0 spiro atoms. The molecule has 0 saturated carbocycles. The van der Waals surface area contributed by atoms with E-state index in [1.807, 2.05) is 12.1 Å². The molecule has 0 fully saturated rings. The largest absolute Gasteiger partial charge is 0.493 e. The first-order valence-corrected chi connectivity index (χ1v) is 7.67. The van der Waals surface area contributed by atoms with Crippen molar-refractivity contribution in [3.63, 3.8) is 0 Å². The van der Waals surface area contributed by atoms with Gasteiger partial charge in [0.1, 0.15) is 24.0 Å². The predicted molar refractivity (Wildman–Crippen MR) is 77.5 cm³/mol. The molecule has 2 aromatic carbocycles. The fourth-order valence-corrected chi connectivity index (χ4v) is 2.68. The van der Waals surface area contributed by atoms with Crippen LogP contribution < -0.4 is 10.5 Å². The molecule has 2 rings (SSSR count). The normalized spacial score (nSPS) is 12.1. The van der Waals surface area contributed by atoms with Crippen molar-refractivity contribution in [1.82, 2.24) is 0 Å². The Bertz CT molecular complexity index is 632. The van der Waals surface area contributed by atoms with Crippen molar-refractivity contribution in [2.45, 2.75) is 11.4 Å². The predicted octanol–water partition coefficient (Wildman–Crippen LogP) is 2.61. The maximum absolute atomic E-state index is 13.4. The maximum atomic E-state index is 13.4. The van der Waals surface area contributed by atoms with Crippen LogP contribution in [0, 0.1) is 11.6 Å². The molecule has 3 nitrogen and oxygen atoms in total. The van der Waals surface area contributed by atoms with Gasteiger partial charge in [-0.05, 0) is 29.8 Å². The molecule has 1 unspecified atom stereocenters. The molecule has 0 heterocycles. The molecule has 0 aliphatic rings. The molecular formula is C15H15F2NO2S. The van der Waals surface area contributed by atoms with Gasteiger partial charge in [-0.15, -0.1) is 0 Å². The lowest BCUT2D eigenvalue weighted by Crippen LogP contribution is -2.10. The van der Waals surface area contributed by atoms with E-state index in [2.05, 4.69) is 0 Å². The van der Waals surface area contributed by atoms with Crippen molar-refractivity contribution in [2.24, 2.45) is 5.73 Å². The van der Waals surface area contributed by atoms with Crippen molar-refractivity contribution in [3.05, 3.63) is 59.7 Å². The van der Waals surface area contributed by atoms with Crippen molar-refractivity contribution < 1.29 is 17.7 Å². The van der Waals surface area contributed by atoms with Crippen LogP contribution in [0.25, 0.3) is 0 Å². The van der Waals surface area contributed by atoms with Crippen molar-refractivity contribution in [1.29, 1.82) is 0 Å². The molecule has 0 bridgehead atoms. The molecule has 0 aromatic heterocycles. The first-order chi connectivity index (χ1) is 10.1. The van der Waals surface area contributed by atoms with Gasteiger partial charge in [0.2, 0.25) is 0 Å². The highest BCUT2D eigenvalue weighted by Gasteiger charge is 2.11. The molecule has 2 N–H and O–H groups in total. The van der Waals surface area contributed by atoms with Gasteiger partial charge in [-0.3, -0.25) is 4.21 Å². The van der Waals surface area contributed by atoms with Crippen molar-refractivity contribution in [2.75, 3.05) is 12.4 Å². The van der Waals surface area contributed by atoms with Crippen LogP contribution in [0.5, 0.6) is 5.75 Å². The molecule has 112 valence electrons. The first kappa shape index (κ1) is 15.6. The molecule has 21 heavy (non-hydrogen) atoms. The van der Waals surface area contributed by atoms with Gasteiger partial charge in [0.25, 0.3) is 0 Å². The number of hydrogen-bond acceptors (Lipinski definition) is 3. The summed E-state index contributed by atoms with van der Waals surface area (Å²) in [6.07, 6.45) is 0. The summed E-state index contributed by atoms with van der Waals surface area (Å²) < 4.78 is 43.6. The molecule has 0 radical (unpaired) electrons. The topological polar surface area (TPSA) is 52.3 Å². The van der Waals surface area contributed by atoms with Gasteiger partial charge in [-0.2, -0.15) is 0 Å². The molecule has 2 aromatic rings. The zero-order chi connectivity index (χ0) is 15.2. The Kier molecular flexibility index (Phi) is 5.41. The summed E-state index contributed by atoms with van der Waals surface area (Å²) in [7, 11) is -1.57. The number of rotatable bonds is 6. The minimum atomic E-state index is -1.57. The molecule has 1 atom stereocenters. The van der Waals surface area contributed by atoms with Gasteiger partial charge in [0.15, 0.2) is 0 Å². The standard InChI is InChI=1S/C15H15F2NO2S/c16-12-3-6-15(14(17)9-12)21(19)8-7-20-13-4-1-11(10-18)2-5-13/h1-6,9H,7-8,10,18H2. The second-order valence-corrected chi connectivity index (χ2v) is 5.86. The summed E-state index contributed by atoms with van der Waals surface area (Å²) in [6.45, 7) is 0.625. The summed E-state index contributed by atoms with van der Waals surface area (Å²) in [5.41, 5.74) is 6.47. The van der Waals surface area contributed by atoms with E-state index in [9.17, 15) is 13.0 Å². The van der Waals surface area contributed by atoms with Crippen LogP contribution in [-0.2, 0) is 17.3 Å². The fourth-order valence-electron chi connectivity index (χ4n) is 1.73. The third kappa shape index (κ3) is 4.34. The van der Waals surface area contributed by atoms with E-state index in [1.165, 1.54) is 6.07 Å². The lowest BCUT2D eigenvalue weighted by molar-refractivity contribution is 0.342. The minimum absolute atomic E-state index is 0.0153. The molecule has 0 saturated heterocycles. The average Bonchev–Trinajstić information content (AvgIpc) is 2.47. The SMILES string of the molecule is NCc1ccc(OCCS(=O)c2ccc(F)cc2F)cc1. The Morgan fingerprint density at radius 2 is 1.81 bits per heavy atom. The van der Waals surface area contributed by atoms with Gasteiger partial charge in [-0.25, -0.2) is 8.78 Å². The number of benzene rings is 2. The Hall–Kier alpha value is -1.79. The Balaban J connectivity index is 1.88. The summed E-state index contributed by atoms with van der Waals surface area (Å²) in [5.74, 6) is -0.741. The summed E-state index contributed by atoms with van der Waals surface area (Å²) in [5, 5.41) is 0. The van der Waals surface area contributed by atoms with Crippen LogP contribution >= 0.6 is 0 Å². The zero-order valence-corrected chi connectivity index (χ0v) is 12.0. The number of nitrogens with two attached hydrogens (primary N) is 1. The number of hydrogen-bond donors (Lipinski definition) is 1. The van der Waals surface area contributed by atoms with Gasteiger partial charge >= 0.3 is 0 Å². The Morgan fingerprint density at radius 1 is 1.10 bits per heavy atom. The van der Waals surface area contributed by atoms with Crippen LogP contribution in [0.2, 0.25) is 0 Å². The van der Waals surface area contributed by atoms with Crippen LogP contribution in [-0.4, -0.2) is 16.6 Å². The monoisotopic (exact) mass is 311 g/mol. The van der Waals surface area contributed by atoms with Crippen LogP contribution in [0.1, 0.15) is 5.56 Å². The Labute approximate surface area is 124 Å². The van der Waals surface area contributed by atoms with E-state index < -0.39 is 22.4 Å². The molecule has 0 aliphatic heterocycles. The van der Waals surface area contributed by atoms with Crippen molar-refractivity contribution >= 4 is 10.8 Å². The summed E-state index contributed by atoms with van der Waals surface area (Å²) in [4.78, 5) is -0.0153. The van der Waals surface area contributed by atoms with Crippen LogP contribution in [0.4, 0.5) is 8.78 Å². The van der Waals surface area contributed by atoms with Gasteiger partial charge in [-0.1, -0.05) is 12.1 Å². The third-order valence-electron chi connectivity index (χ3n) is 2.84. The van der Waals surface area contributed by atoms with Gasteiger partial charge < -0.3 is 10.5 Å². The Morgan fingerprint density at radius 3 is 2.43 bits per heavy atom. The summed E-state index contributed by atoms with van der Waals surface area (Å²) >= 11 is 0. The maximum Gasteiger partial charge on any atom is 0.142 e. The van der Waals surface area contributed by atoms with Crippen LogP contribution in [0.15, 0.2) is 47.4 Å². The lowest BCUT2D eigenvalue weighted by atomic mass is 10.2. The van der Waals surface area contributed by atoms with E-state index >= 15 is 0 Å². The highest BCUT2D eigenvalue weighted by atomic mass is 32.2. The average molecular weight is 311 g/mol. The van der Waals surface area contributed by atoms with E-state index in [0.29, 0.717) is 12.3 Å². The third-order valence-corrected chi connectivity index (χ3v) is 4.19. The first-order valence-electron chi connectivity index (χ1n) is 6.35. The fraction of sp³-hybridized carbons (Fsp3) is 0.200. The highest BCUT2D eigenvalue weighted by molar-refractivity contribution is 7.85. The lowest BCUT2D eigenvalue weighted by Gasteiger charge is -2.07. The van der Waals surface area contributed by atoms with Crippen molar-refractivity contribution in [3.8, 4) is 5.75 Å². The molecule has 0 amide bonds. The van der Waals surface area contributed by atoms with Crippen LogP contribution in [0.3, 0.4) is 0 Å². The summed E-state index contributed by atoms with van der Waals surface area (Å²) in [6, 6.07) is 10.2. The van der Waals surface area contributed by atoms with E-state index in [1.54, 1.807) is 12.1 Å².